The van der Waals surface area contributed by atoms with Crippen molar-refractivity contribution in [3.05, 3.63) is 155 Å². The van der Waals surface area contributed by atoms with Crippen LogP contribution in [0.4, 0.5) is 0 Å². The van der Waals surface area contributed by atoms with Gasteiger partial charge in [0.05, 0.1) is 0 Å². The molecule has 0 nitrogen and oxygen atoms in total. The summed E-state index contributed by atoms with van der Waals surface area (Å²) >= 11 is 13.2. The second-order valence-electron chi connectivity index (χ2n) is 13.2. The minimum Gasteiger partial charge on any atom is -1.00 e. The summed E-state index contributed by atoms with van der Waals surface area (Å²) in [5.74, 6) is 0. The van der Waals surface area contributed by atoms with E-state index in [4.69, 9.17) is 23.2 Å². The standard InChI is InChI=1S/C39H35Cl2.2ClH.Zr/c1-38(2,3)28-18-17-25-21-33-32(31(25)22-28)23-34(39(4,5)6)37(36(33)24-11-7-8-12-24)35(26-13-9-15-29(40)19-26)27-14-10-16-30(41)20-27;;;/h7-11,13-20,22-23H,12H2,1-6H3;2*1H;/q-1;;;+3/p-2. The van der Waals surface area contributed by atoms with Crippen molar-refractivity contribution in [2.75, 3.05) is 0 Å². The predicted molar refractivity (Wildman–Crippen MR) is 176 cm³/mol. The van der Waals surface area contributed by atoms with E-state index in [2.05, 4.69) is 114 Å². The molecule has 44 heavy (non-hydrogen) atoms. The van der Waals surface area contributed by atoms with Crippen LogP contribution in [0.25, 0.3) is 17.2 Å². The Morgan fingerprint density at radius 3 is 1.84 bits per heavy atom. The summed E-state index contributed by atoms with van der Waals surface area (Å²) in [7, 11) is 0. The number of rotatable bonds is 3. The SMILES string of the molecule is CC(C)(C)c1ccc2c(c1)=c1cc(C(C)(C)C)c(=C(c3cccc(Cl)c3)c3cccc(Cl)c3)c(C3=CC=CC3)c1[C-]=2.[Cl-].[Cl-].[Zr+3]. The molecule has 4 aromatic rings. The van der Waals surface area contributed by atoms with Crippen LogP contribution in [0.3, 0.4) is 0 Å². The third-order valence-corrected chi connectivity index (χ3v) is 8.61. The summed E-state index contributed by atoms with van der Waals surface area (Å²) in [6.07, 6.45) is 11.4. The molecular weight excluding hydrogens is 701 g/mol. The van der Waals surface area contributed by atoms with Crippen LogP contribution in [-0.2, 0) is 37.0 Å². The Bertz CT molecular complexity index is 1960. The number of fused-ring (bicyclic) bond motifs is 2. The van der Waals surface area contributed by atoms with E-state index in [9.17, 15) is 0 Å². The molecule has 0 saturated carbocycles. The zero-order valence-corrected chi connectivity index (χ0v) is 31.4. The van der Waals surface area contributed by atoms with Crippen LogP contribution in [0.5, 0.6) is 0 Å². The topological polar surface area (TPSA) is 0 Å². The average Bonchev–Trinajstić information content (AvgIpc) is 3.55. The molecule has 0 spiro atoms. The van der Waals surface area contributed by atoms with Gasteiger partial charge in [0.2, 0.25) is 0 Å². The second-order valence-corrected chi connectivity index (χ2v) is 14.1. The van der Waals surface area contributed by atoms with E-state index >= 15 is 0 Å². The third kappa shape index (κ3) is 6.94. The maximum Gasteiger partial charge on any atom is 3.00 e. The molecule has 0 unspecified atom stereocenters. The second kappa shape index (κ2) is 13.9. The minimum absolute atomic E-state index is 0. The molecule has 223 valence electrons. The molecule has 0 atom stereocenters. The smallest absolute Gasteiger partial charge is 1.00 e. The molecular formula is C39H35Cl4Zr. The Labute approximate surface area is 303 Å². The van der Waals surface area contributed by atoms with Crippen molar-refractivity contribution >= 4 is 40.4 Å². The van der Waals surface area contributed by atoms with E-state index < -0.39 is 0 Å². The van der Waals surface area contributed by atoms with Gasteiger partial charge in [0.15, 0.2) is 0 Å². The monoisotopic (exact) mass is 733 g/mol. The first-order valence-electron chi connectivity index (χ1n) is 14.3. The third-order valence-electron chi connectivity index (χ3n) is 8.14. The van der Waals surface area contributed by atoms with Gasteiger partial charge in [0.25, 0.3) is 0 Å². The van der Waals surface area contributed by atoms with Gasteiger partial charge in [0.1, 0.15) is 0 Å². The maximum absolute atomic E-state index is 6.62. The van der Waals surface area contributed by atoms with Gasteiger partial charge < -0.3 is 24.8 Å². The molecule has 6 rings (SSSR count). The van der Waals surface area contributed by atoms with Crippen molar-refractivity contribution in [2.45, 2.75) is 58.8 Å². The van der Waals surface area contributed by atoms with Crippen LogP contribution in [-0.4, -0.2) is 0 Å². The molecule has 0 saturated heterocycles. The summed E-state index contributed by atoms with van der Waals surface area (Å²) in [6.45, 7) is 13.8. The molecule has 0 amide bonds. The first kappa shape index (κ1) is 36.6. The van der Waals surface area contributed by atoms with Gasteiger partial charge in [-0.05, 0) is 69.0 Å². The van der Waals surface area contributed by atoms with E-state index in [1.165, 1.54) is 43.5 Å². The number of allylic oxidation sites excluding steroid dienone is 4. The van der Waals surface area contributed by atoms with E-state index in [0.29, 0.717) is 10.0 Å². The zero-order valence-electron chi connectivity index (χ0n) is 25.9. The van der Waals surface area contributed by atoms with Crippen LogP contribution < -0.4 is 35.3 Å². The van der Waals surface area contributed by atoms with E-state index in [1.807, 2.05) is 24.3 Å². The van der Waals surface area contributed by atoms with Gasteiger partial charge in [-0.3, -0.25) is 0 Å². The molecule has 0 aliphatic heterocycles. The molecule has 2 aliphatic rings. The molecule has 1 radical (unpaired) electrons. The summed E-state index contributed by atoms with van der Waals surface area (Å²) in [5, 5.41) is 6.34. The fourth-order valence-corrected chi connectivity index (χ4v) is 6.43. The van der Waals surface area contributed by atoms with Crippen LogP contribution in [0.1, 0.15) is 81.3 Å². The number of hydrogen-bond acceptors (Lipinski definition) is 0. The molecule has 0 aromatic heterocycles. The number of benzene rings is 4. The quantitative estimate of drug-likeness (QED) is 0.249. The molecule has 0 N–H and O–H groups in total. The largest absolute Gasteiger partial charge is 3.00 e. The Kier molecular flexibility index (Phi) is 11.5. The Morgan fingerprint density at radius 1 is 0.727 bits per heavy atom. The van der Waals surface area contributed by atoms with Crippen LogP contribution in [0, 0.1) is 10.4 Å². The van der Waals surface area contributed by atoms with Gasteiger partial charge in [-0.2, -0.15) is 0 Å². The van der Waals surface area contributed by atoms with Crippen LogP contribution in [0.2, 0.25) is 10.0 Å². The van der Waals surface area contributed by atoms with Crippen molar-refractivity contribution in [3.8, 4) is 0 Å². The van der Waals surface area contributed by atoms with Gasteiger partial charge in [-0.25, -0.2) is 0 Å². The summed E-state index contributed by atoms with van der Waals surface area (Å²) in [5.41, 5.74) is 9.56. The first-order valence-corrected chi connectivity index (χ1v) is 15.1. The molecule has 0 heterocycles. The number of halogens is 4. The fraction of sp³-hybridized carbons (Fsp3) is 0.231. The minimum atomic E-state index is -0.140. The van der Waals surface area contributed by atoms with E-state index in [-0.39, 0.29) is 61.8 Å². The van der Waals surface area contributed by atoms with Crippen molar-refractivity contribution in [3.63, 3.8) is 0 Å². The molecule has 5 heteroatoms. The summed E-state index contributed by atoms with van der Waals surface area (Å²) in [4.78, 5) is 0. The van der Waals surface area contributed by atoms with Crippen LogP contribution in [0.15, 0.2) is 91.0 Å². The van der Waals surface area contributed by atoms with Gasteiger partial charge in [0, 0.05) is 10.0 Å². The van der Waals surface area contributed by atoms with Gasteiger partial charge in [-0.15, -0.1) is 33.4 Å². The number of hydrogen-bond donors (Lipinski definition) is 0. The molecule has 4 aromatic carbocycles. The maximum atomic E-state index is 6.62. The van der Waals surface area contributed by atoms with Crippen LogP contribution >= 0.6 is 23.2 Å². The predicted octanol–water partition coefficient (Wildman–Crippen LogP) is 3.49. The van der Waals surface area contributed by atoms with Crippen molar-refractivity contribution in [1.29, 1.82) is 0 Å². The van der Waals surface area contributed by atoms with Gasteiger partial charge >= 0.3 is 26.2 Å². The van der Waals surface area contributed by atoms with Crippen molar-refractivity contribution in [1.82, 2.24) is 0 Å². The molecule has 0 bridgehead atoms. The van der Waals surface area contributed by atoms with Crippen molar-refractivity contribution in [2.24, 2.45) is 0 Å². The van der Waals surface area contributed by atoms with Crippen molar-refractivity contribution < 1.29 is 51.0 Å². The molecule has 2 aliphatic carbocycles. The summed E-state index contributed by atoms with van der Waals surface area (Å²) in [6, 6.07) is 25.7. The normalized spacial score (nSPS) is 13.0. The average molecular weight is 737 g/mol. The zero-order chi connectivity index (χ0) is 29.1. The summed E-state index contributed by atoms with van der Waals surface area (Å²) < 4.78 is 0. The van der Waals surface area contributed by atoms with Gasteiger partial charge in [-0.1, -0.05) is 142 Å². The van der Waals surface area contributed by atoms with E-state index in [1.54, 1.807) is 0 Å². The Balaban J connectivity index is 0.00000176. The Morgan fingerprint density at radius 2 is 1.34 bits per heavy atom. The van der Waals surface area contributed by atoms with E-state index in [0.717, 1.165) is 28.3 Å². The fourth-order valence-electron chi connectivity index (χ4n) is 6.05. The Hall–Kier alpha value is -1.86. The first-order chi connectivity index (χ1) is 19.4. The molecule has 0 fully saturated rings.